The lowest BCUT2D eigenvalue weighted by Crippen LogP contribution is -2.48. The molecule has 0 spiro atoms. The number of piperidine rings is 1. The molecule has 5 nitrogen and oxygen atoms in total. The van der Waals surface area contributed by atoms with Gasteiger partial charge in [0.2, 0.25) is 5.76 Å². The SMILES string of the molecule is CC1CCC(CN)CN1C(=O)C1=COCCO1. The molecule has 17 heavy (non-hydrogen) atoms. The summed E-state index contributed by atoms with van der Waals surface area (Å²) in [6.45, 7) is 4.37. The fourth-order valence-corrected chi connectivity index (χ4v) is 2.28. The zero-order valence-corrected chi connectivity index (χ0v) is 10.2. The fraction of sp³-hybridized carbons (Fsp3) is 0.750. The van der Waals surface area contributed by atoms with Gasteiger partial charge >= 0.3 is 0 Å². The molecule has 2 atom stereocenters. The summed E-state index contributed by atoms with van der Waals surface area (Å²) in [4.78, 5) is 14.1. The highest BCUT2D eigenvalue weighted by molar-refractivity contribution is 5.91. The summed E-state index contributed by atoms with van der Waals surface area (Å²) in [6.07, 6.45) is 3.52. The first-order valence-corrected chi connectivity index (χ1v) is 6.18. The molecule has 2 rings (SSSR count). The van der Waals surface area contributed by atoms with Gasteiger partial charge in [-0.15, -0.1) is 0 Å². The van der Waals surface area contributed by atoms with Crippen molar-refractivity contribution < 1.29 is 14.3 Å². The van der Waals surface area contributed by atoms with Crippen molar-refractivity contribution in [2.45, 2.75) is 25.8 Å². The molecule has 0 radical (unpaired) electrons. The molecule has 5 heteroatoms. The van der Waals surface area contributed by atoms with Crippen molar-refractivity contribution in [1.82, 2.24) is 4.90 Å². The van der Waals surface area contributed by atoms with Crippen molar-refractivity contribution in [3.05, 3.63) is 12.0 Å². The van der Waals surface area contributed by atoms with Gasteiger partial charge in [0.05, 0.1) is 0 Å². The van der Waals surface area contributed by atoms with Crippen molar-refractivity contribution in [3.63, 3.8) is 0 Å². The molecule has 2 heterocycles. The van der Waals surface area contributed by atoms with Crippen LogP contribution in [-0.4, -0.2) is 43.2 Å². The molecule has 96 valence electrons. The molecule has 0 saturated carbocycles. The number of hydrogen-bond acceptors (Lipinski definition) is 4. The summed E-state index contributed by atoms with van der Waals surface area (Å²) in [5.74, 6) is 0.649. The second kappa shape index (κ2) is 5.40. The van der Waals surface area contributed by atoms with Crippen LogP contribution >= 0.6 is 0 Å². The monoisotopic (exact) mass is 240 g/mol. The smallest absolute Gasteiger partial charge is 0.292 e. The van der Waals surface area contributed by atoms with Crippen LogP contribution in [-0.2, 0) is 14.3 Å². The number of carbonyl (C=O) groups excluding carboxylic acids is 1. The Labute approximate surface area is 102 Å². The third-order valence-electron chi connectivity index (χ3n) is 3.43. The molecule has 0 aliphatic carbocycles. The van der Waals surface area contributed by atoms with Crippen molar-refractivity contribution in [1.29, 1.82) is 0 Å². The van der Waals surface area contributed by atoms with Crippen LogP contribution in [0.4, 0.5) is 0 Å². The van der Waals surface area contributed by atoms with Crippen LogP contribution in [0.1, 0.15) is 19.8 Å². The Balaban J connectivity index is 2.03. The Morgan fingerprint density at radius 1 is 1.53 bits per heavy atom. The third kappa shape index (κ3) is 2.72. The zero-order chi connectivity index (χ0) is 12.3. The number of carbonyl (C=O) groups is 1. The first-order valence-electron chi connectivity index (χ1n) is 6.18. The largest absolute Gasteiger partial charge is 0.494 e. The van der Waals surface area contributed by atoms with E-state index in [0.29, 0.717) is 31.4 Å². The van der Waals surface area contributed by atoms with Crippen LogP contribution < -0.4 is 5.73 Å². The molecule has 0 bridgehead atoms. The quantitative estimate of drug-likeness (QED) is 0.761. The van der Waals surface area contributed by atoms with Crippen LogP contribution in [0, 0.1) is 5.92 Å². The van der Waals surface area contributed by atoms with Gasteiger partial charge in [-0.3, -0.25) is 4.79 Å². The van der Waals surface area contributed by atoms with Gasteiger partial charge in [-0.2, -0.15) is 0 Å². The summed E-state index contributed by atoms with van der Waals surface area (Å²) in [5.41, 5.74) is 5.68. The number of nitrogens with two attached hydrogens (primary N) is 1. The third-order valence-corrected chi connectivity index (χ3v) is 3.43. The molecular weight excluding hydrogens is 220 g/mol. The number of nitrogens with zero attached hydrogens (tertiary/aromatic N) is 1. The standard InChI is InChI=1S/C12H20N2O3/c1-9-2-3-10(6-13)7-14(9)12(15)11-8-16-4-5-17-11/h8-10H,2-7,13H2,1H3. The van der Waals surface area contributed by atoms with Gasteiger partial charge in [0.1, 0.15) is 19.5 Å². The average molecular weight is 240 g/mol. The van der Waals surface area contributed by atoms with Gasteiger partial charge in [-0.05, 0) is 32.2 Å². The molecule has 0 aromatic rings. The Hall–Kier alpha value is -1.23. The number of hydrogen-bond donors (Lipinski definition) is 1. The van der Waals surface area contributed by atoms with Gasteiger partial charge in [0, 0.05) is 12.6 Å². The number of amides is 1. The van der Waals surface area contributed by atoms with Crippen LogP contribution in [0.5, 0.6) is 0 Å². The predicted molar refractivity (Wildman–Crippen MR) is 62.9 cm³/mol. The van der Waals surface area contributed by atoms with Gasteiger partial charge in [0.15, 0.2) is 0 Å². The number of rotatable bonds is 2. The Morgan fingerprint density at radius 2 is 2.35 bits per heavy atom. The minimum absolute atomic E-state index is 0.0737. The summed E-state index contributed by atoms with van der Waals surface area (Å²) < 4.78 is 10.4. The Kier molecular flexibility index (Phi) is 3.89. The highest BCUT2D eigenvalue weighted by Gasteiger charge is 2.31. The Morgan fingerprint density at radius 3 is 3.00 bits per heavy atom. The minimum atomic E-state index is -0.0737. The van der Waals surface area contributed by atoms with Crippen LogP contribution in [0.25, 0.3) is 0 Å². The van der Waals surface area contributed by atoms with Gasteiger partial charge in [-0.1, -0.05) is 0 Å². The van der Waals surface area contributed by atoms with Crippen LogP contribution in [0.15, 0.2) is 12.0 Å². The molecule has 2 N–H and O–H groups in total. The summed E-state index contributed by atoms with van der Waals surface area (Å²) in [5, 5.41) is 0. The lowest BCUT2D eigenvalue weighted by Gasteiger charge is -2.38. The predicted octanol–water partition coefficient (Wildman–Crippen LogP) is 0.460. The van der Waals surface area contributed by atoms with E-state index in [1.165, 1.54) is 6.26 Å². The fourth-order valence-electron chi connectivity index (χ4n) is 2.28. The second-order valence-corrected chi connectivity index (χ2v) is 4.69. The van der Waals surface area contributed by atoms with E-state index in [1.807, 2.05) is 4.90 Å². The molecule has 1 amide bonds. The van der Waals surface area contributed by atoms with E-state index in [2.05, 4.69) is 6.92 Å². The van der Waals surface area contributed by atoms with E-state index in [0.717, 1.165) is 19.4 Å². The molecule has 0 aromatic heterocycles. The number of likely N-dealkylation sites (tertiary alicyclic amines) is 1. The normalized spacial score (nSPS) is 29.1. The van der Waals surface area contributed by atoms with E-state index >= 15 is 0 Å². The first kappa shape index (κ1) is 12.2. The molecule has 0 aromatic carbocycles. The summed E-state index contributed by atoms with van der Waals surface area (Å²) >= 11 is 0. The van der Waals surface area contributed by atoms with Crippen molar-refractivity contribution in [3.8, 4) is 0 Å². The second-order valence-electron chi connectivity index (χ2n) is 4.69. The molecule has 2 aliphatic rings. The topological polar surface area (TPSA) is 64.8 Å². The van der Waals surface area contributed by atoms with Crippen LogP contribution in [0.2, 0.25) is 0 Å². The van der Waals surface area contributed by atoms with Crippen LogP contribution in [0.3, 0.4) is 0 Å². The summed E-state index contributed by atoms with van der Waals surface area (Å²) in [7, 11) is 0. The first-order chi connectivity index (χ1) is 8.22. The van der Waals surface area contributed by atoms with Gasteiger partial charge in [0.25, 0.3) is 5.91 Å². The lowest BCUT2D eigenvalue weighted by atomic mass is 9.93. The molecule has 1 fully saturated rings. The lowest BCUT2D eigenvalue weighted by molar-refractivity contribution is -0.136. The van der Waals surface area contributed by atoms with E-state index in [-0.39, 0.29) is 11.9 Å². The number of ether oxygens (including phenoxy) is 2. The summed E-state index contributed by atoms with van der Waals surface area (Å²) in [6, 6.07) is 0.247. The average Bonchev–Trinajstić information content (AvgIpc) is 2.39. The van der Waals surface area contributed by atoms with Crippen molar-refractivity contribution in [2.24, 2.45) is 11.7 Å². The molecule has 2 unspecified atom stereocenters. The van der Waals surface area contributed by atoms with Gasteiger partial charge in [-0.25, -0.2) is 0 Å². The highest BCUT2D eigenvalue weighted by atomic mass is 16.6. The van der Waals surface area contributed by atoms with Crippen molar-refractivity contribution in [2.75, 3.05) is 26.3 Å². The van der Waals surface area contributed by atoms with E-state index < -0.39 is 0 Å². The minimum Gasteiger partial charge on any atom is -0.494 e. The maximum absolute atomic E-state index is 12.2. The van der Waals surface area contributed by atoms with Crippen molar-refractivity contribution >= 4 is 5.91 Å². The Bertz CT molecular complexity index is 317. The molecule has 2 aliphatic heterocycles. The molecular formula is C12H20N2O3. The van der Waals surface area contributed by atoms with E-state index in [4.69, 9.17) is 15.2 Å². The van der Waals surface area contributed by atoms with E-state index in [9.17, 15) is 4.79 Å². The maximum atomic E-state index is 12.2. The van der Waals surface area contributed by atoms with Gasteiger partial charge < -0.3 is 20.1 Å². The van der Waals surface area contributed by atoms with E-state index in [1.54, 1.807) is 0 Å². The highest BCUT2D eigenvalue weighted by Crippen LogP contribution is 2.23. The molecule has 1 saturated heterocycles. The zero-order valence-electron chi connectivity index (χ0n) is 10.2. The maximum Gasteiger partial charge on any atom is 0.292 e.